The first kappa shape index (κ1) is 23.6. The van der Waals surface area contributed by atoms with E-state index in [9.17, 15) is 14.0 Å². The van der Waals surface area contributed by atoms with Gasteiger partial charge in [0.25, 0.3) is 0 Å². The molecule has 1 aromatic carbocycles. The number of nitrogens with one attached hydrogen (secondary N) is 2. The number of halogens is 1. The number of amides is 1. The van der Waals surface area contributed by atoms with Crippen molar-refractivity contribution in [3.05, 3.63) is 63.0 Å². The van der Waals surface area contributed by atoms with Crippen LogP contribution in [-0.4, -0.2) is 60.4 Å². The summed E-state index contributed by atoms with van der Waals surface area (Å²) in [6.07, 6.45) is 2.48. The second-order valence-corrected chi connectivity index (χ2v) is 9.94. The van der Waals surface area contributed by atoms with Crippen LogP contribution in [0.5, 0.6) is 0 Å². The smallest absolute Gasteiger partial charge is 0.338 e. The number of carbonyl (C=O) groups is 2. The molecule has 0 saturated carbocycles. The highest BCUT2D eigenvalue weighted by Gasteiger charge is 2.40. The van der Waals surface area contributed by atoms with Crippen molar-refractivity contribution in [3.63, 3.8) is 0 Å². The molecule has 4 heterocycles. The minimum Gasteiger partial charge on any atom is -0.463 e. The Kier molecular flexibility index (Phi) is 6.66. The highest BCUT2D eigenvalue weighted by Crippen LogP contribution is 2.36. The van der Waals surface area contributed by atoms with E-state index >= 15 is 0 Å². The van der Waals surface area contributed by atoms with Gasteiger partial charge in [-0.05, 0) is 44.0 Å². The molecule has 35 heavy (non-hydrogen) atoms. The highest BCUT2D eigenvalue weighted by molar-refractivity contribution is 7.11. The van der Waals surface area contributed by atoms with Crippen molar-refractivity contribution < 1.29 is 18.7 Å². The lowest BCUT2D eigenvalue weighted by Crippen LogP contribution is -2.45. The van der Waals surface area contributed by atoms with E-state index in [1.165, 1.54) is 17.4 Å². The minimum absolute atomic E-state index is 0.0548. The van der Waals surface area contributed by atoms with Gasteiger partial charge >= 0.3 is 5.97 Å². The average Bonchev–Trinajstić information content (AvgIpc) is 3.51. The molecule has 3 aliphatic rings. The Morgan fingerprint density at radius 3 is 3.00 bits per heavy atom. The number of likely N-dealkylation sites (tertiary alicyclic amines) is 1. The second-order valence-electron chi connectivity index (χ2n) is 9.04. The van der Waals surface area contributed by atoms with Gasteiger partial charge in [0.1, 0.15) is 11.9 Å². The summed E-state index contributed by atoms with van der Waals surface area (Å²) in [5.74, 6) is 0.163. The van der Waals surface area contributed by atoms with E-state index in [4.69, 9.17) is 9.73 Å². The molecule has 1 amide bonds. The first-order chi connectivity index (χ1) is 17.0. The molecular formula is C25H28FN5O3S. The van der Waals surface area contributed by atoms with Gasteiger partial charge in [-0.1, -0.05) is 12.1 Å². The molecule has 184 valence electrons. The fourth-order valence-electron chi connectivity index (χ4n) is 5.15. The zero-order valence-corrected chi connectivity index (χ0v) is 20.5. The average molecular weight is 498 g/mol. The van der Waals surface area contributed by atoms with Gasteiger partial charge in [0.2, 0.25) is 5.91 Å². The number of carbonyl (C=O) groups excluding carboxylic acids is 2. The summed E-state index contributed by atoms with van der Waals surface area (Å²) >= 11 is 1.44. The quantitative estimate of drug-likeness (QED) is 0.596. The van der Waals surface area contributed by atoms with E-state index in [1.807, 2.05) is 5.38 Å². The number of piperidine rings is 1. The van der Waals surface area contributed by atoms with Crippen LogP contribution in [0, 0.1) is 24.6 Å². The van der Waals surface area contributed by atoms with E-state index < -0.39 is 12.0 Å². The van der Waals surface area contributed by atoms with Crippen LogP contribution in [0.25, 0.3) is 0 Å². The maximum atomic E-state index is 14.6. The van der Waals surface area contributed by atoms with Gasteiger partial charge in [0.15, 0.2) is 10.8 Å². The van der Waals surface area contributed by atoms with E-state index in [1.54, 1.807) is 32.2 Å². The SMILES string of the molecule is CCOC(=O)C1=C(CN2CCC3C(=O)NC[C@@H]3C2)NC(c2nccs2)=N[C@H]1c1cccc(F)c1C. The molecule has 0 aliphatic carbocycles. The summed E-state index contributed by atoms with van der Waals surface area (Å²) in [5, 5.41) is 8.87. The van der Waals surface area contributed by atoms with Crippen LogP contribution >= 0.6 is 11.3 Å². The molecule has 3 atom stereocenters. The summed E-state index contributed by atoms with van der Waals surface area (Å²) in [6.45, 7) is 6.30. The van der Waals surface area contributed by atoms with Gasteiger partial charge < -0.3 is 15.4 Å². The zero-order valence-electron chi connectivity index (χ0n) is 19.7. The fourth-order valence-corrected chi connectivity index (χ4v) is 5.74. The largest absolute Gasteiger partial charge is 0.463 e. The summed E-state index contributed by atoms with van der Waals surface area (Å²) in [4.78, 5) is 36.9. The van der Waals surface area contributed by atoms with Crippen LogP contribution in [0.1, 0.15) is 35.5 Å². The third kappa shape index (κ3) is 4.60. The van der Waals surface area contributed by atoms with Gasteiger partial charge in [-0.3, -0.25) is 14.7 Å². The van der Waals surface area contributed by atoms with Crippen LogP contribution in [0.3, 0.4) is 0 Å². The van der Waals surface area contributed by atoms with Gasteiger partial charge in [-0.15, -0.1) is 11.3 Å². The number of fused-ring (bicyclic) bond motifs is 1. The predicted octanol–water partition coefficient (Wildman–Crippen LogP) is 2.57. The Labute approximate surface area is 207 Å². The summed E-state index contributed by atoms with van der Waals surface area (Å²) in [6, 6.07) is 4.11. The first-order valence-corrected chi connectivity index (χ1v) is 12.7. The number of rotatable bonds is 6. The van der Waals surface area contributed by atoms with E-state index in [0.717, 1.165) is 19.5 Å². The van der Waals surface area contributed by atoms with Crippen LogP contribution in [0.15, 0.2) is 46.0 Å². The van der Waals surface area contributed by atoms with Crippen LogP contribution < -0.4 is 10.6 Å². The zero-order chi connectivity index (χ0) is 24.5. The molecule has 5 rings (SSSR count). The number of nitrogens with zero attached hydrogens (tertiary/aromatic N) is 3. The van der Waals surface area contributed by atoms with E-state index in [-0.39, 0.29) is 30.2 Å². The molecule has 0 spiro atoms. The maximum absolute atomic E-state index is 14.6. The standard InChI is InChI=1S/C25H28FN5O3S/c1-3-34-25(33)20-19(13-31-9-7-17-15(12-31)11-28-23(17)32)29-22(24-27-8-10-35-24)30-21(20)16-5-4-6-18(26)14(16)2/h4-6,8,10,15,17,21H,3,7,9,11-13H2,1-2H3,(H,28,32)(H,29,30)/t15-,17?,21+/m1/s1. The molecule has 10 heteroatoms. The van der Waals surface area contributed by atoms with Crippen molar-refractivity contribution >= 4 is 29.0 Å². The Morgan fingerprint density at radius 1 is 1.37 bits per heavy atom. The lowest BCUT2D eigenvalue weighted by molar-refractivity contribution is -0.139. The number of ether oxygens (including phenoxy) is 1. The van der Waals surface area contributed by atoms with Crippen molar-refractivity contribution in [2.24, 2.45) is 16.8 Å². The minimum atomic E-state index is -0.729. The summed E-state index contributed by atoms with van der Waals surface area (Å²) < 4.78 is 20.0. The van der Waals surface area contributed by atoms with Crippen molar-refractivity contribution in [2.75, 3.05) is 32.8 Å². The number of hydrogen-bond donors (Lipinski definition) is 2. The Hall–Kier alpha value is -3.11. The molecule has 0 bridgehead atoms. The Balaban J connectivity index is 1.55. The molecule has 3 aliphatic heterocycles. The van der Waals surface area contributed by atoms with Crippen molar-refractivity contribution in [3.8, 4) is 0 Å². The van der Waals surface area contributed by atoms with Crippen LogP contribution in [0.4, 0.5) is 4.39 Å². The number of amidine groups is 1. The molecule has 8 nitrogen and oxygen atoms in total. The third-order valence-electron chi connectivity index (χ3n) is 6.94. The molecule has 1 aromatic heterocycles. The molecule has 2 saturated heterocycles. The lowest BCUT2D eigenvalue weighted by atomic mass is 9.87. The molecule has 2 N–H and O–H groups in total. The second kappa shape index (κ2) is 9.87. The van der Waals surface area contributed by atoms with Gasteiger partial charge in [0.05, 0.1) is 12.2 Å². The number of benzene rings is 1. The molecule has 0 radical (unpaired) electrons. The predicted molar refractivity (Wildman–Crippen MR) is 130 cm³/mol. The van der Waals surface area contributed by atoms with E-state index in [2.05, 4.69) is 20.5 Å². The van der Waals surface area contributed by atoms with Crippen LogP contribution in [0.2, 0.25) is 0 Å². The fraction of sp³-hybridized carbons (Fsp3) is 0.440. The normalized spacial score (nSPS) is 24.5. The maximum Gasteiger partial charge on any atom is 0.338 e. The topological polar surface area (TPSA) is 95.9 Å². The van der Waals surface area contributed by atoms with Crippen molar-refractivity contribution in [1.82, 2.24) is 20.5 Å². The lowest BCUT2D eigenvalue weighted by Gasteiger charge is -2.36. The number of thiazole rings is 1. The van der Waals surface area contributed by atoms with Crippen LogP contribution in [-0.2, 0) is 14.3 Å². The van der Waals surface area contributed by atoms with Crippen molar-refractivity contribution in [2.45, 2.75) is 26.3 Å². The third-order valence-corrected chi connectivity index (χ3v) is 7.72. The highest BCUT2D eigenvalue weighted by atomic mass is 32.1. The summed E-state index contributed by atoms with van der Waals surface area (Å²) in [5.41, 5.74) is 2.11. The number of esters is 1. The monoisotopic (exact) mass is 497 g/mol. The Bertz CT molecular complexity index is 1200. The van der Waals surface area contributed by atoms with Crippen molar-refractivity contribution in [1.29, 1.82) is 0 Å². The number of aromatic nitrogens is 1. The van der Waals surface area contributed by atoms with Gasteiger partial charge in [-0.2, -0.15) is 0 Å². The van der Waals surface area contributed by atoms with Gasteiger partial charge in [-0.25, -0.2) is 14.2 Å². The number of hydrogen-bond acceptors (Lipinski definition) is 8. The molecular weight excluding hydrogens is 469 g/mol. The number of aliphatic imine (C=N–C) groups is 1. The Morgan fingerprint density at radius 2 is 2.23 bits per heavy atom. The molecule has 1 unspecified atom stereocenters. The molecule has 2 fully saturated rings. The van der Waals surface area contributed by atoms with E-state index in [0.29, 0.717) is 46.3 Å². The summed E-state index contributed by atoms with van der Waals surface area (Å²) in [7, 11) is 0. The first-order valence-electron chi connectivity index (χ1n) is 11.9. The molecule has 2 aromatic rings. The van der Waals surface area contributed by atoms with Gasteiger partial charge in [0, 0.05) is 48.7 Å².